The Balaban J connectivity index is 1.60. The molecule has 0 bridgehead atoms. The van der Waals surface area contributed by atoms with E-state index in [1.165, 1.54) is 0 Å². The van der Waals surface area contributed by atoms with E-state index < -0.39 is 0 Å². The van der Waals surface area contributed by atoms with Crippen LogP contribution in [0.1, 0.15) is 11.1 Å². The van der Waals surface area contributed by atoms with E-state index in [-0.39, 0.29) is 0 Å². The van der Waals surface area contributed by atoms with Gasteiger partial charge in [0.1, 0.15) is 12.0 Å². The molecule has 0 saturated carbocycles. The van der Waals surface area contributed by atoms with Gasteiger partial charge in [0.2, 0.25) is 5.89 Å². The van der Waals surface area contributed by atoms with E-state index in [9.17, 15) is 0 Å². The van der Waals surface area contributed by atoms with E-state index in [2.05, 4.69) is 16.4 Å². The number of hydrogen-bond acceptors (Lipinski definition) is 4. The lowest BCUT2D eigenvalue weighted by molar-refractivity contribution is 0.409. The van der Waals surface area contributed by atoms with Crippen LogP contribution in [0.5, 0.6) is 5.75 Å². The first-order valence-corrected chi connectivity index (χ1v) is 8.16. The topological polar surface area (TPSA) is 47.3 Å². The highest BCUT2D eigenvalue weighted by molar-refractivity contribution is 6.31. The van der Waals surface area contributed by atoms with Crippen molar-refractivity contribution >= 4 is 11.6 Å². The monoisotopic (exact) mass is 342 g/mol. The molecule has 124 valence electrons. The maximum Gasteiger partial charge on any atom is 0.225 e. The third-order valence-corrected chi connectivity index (χ3v) is 4.18. The number of halogens is 1. The number of nitrogens with zero attached hydrogens (tertiary/aromatic N) is 1. The standard InChI is InChI=1S/C19H19ClN2O2/c1-23-18-12-15(19-22-10-11-24-19)7-6-14(18)8-9-21-13-16-4-2-3-5-17(16)20/h2-7,10-12,21H,8-9,13H2,1H3. The van der Waals surface area contributed by atoms with Crippen molar-refractivity contribution in [3.8, 4) is 17.2 Å². The summed E-state index contributed by atoms with van der Waals surface area (Å²) in [5, 5.41) is 4.20. The number of aromatic nitrogens is 1. The fraction of sp³-hybridized carbons (Fsp3) is 0.211. The van der Waals surface area contributed by atoms with E-state index in [1.807, 2.05) is 36.4 Å². The summed E-state index contributed by atoms with van der Waals surface area (Å²) < 4.78 is 10.8. The molecule has 0 radical (unpaired) electrons. The van der Waals surface area contributed by atoms with Crippen LogP contribution in [0, 0.1) is 0 Å². The maximum absolute atomic E-state index is 6.16. The summed E-state index contributed by atoms with van der Waals surface area (Å²) >= 11 is 6.16. The minimum absolute atomic E-state index is 0.594. The molecule has 0 unspecified atom stereocenters. The first-order chi connectivity index (χ1) is 11.8. The normalized spacial score (nSPS) is 10.8. The summed E-state index contributed by atoms with van der Waals surface area (Å²) in [4.78, 5) is 4.16. The van der Waals surface area contributed by atoms with Crippen LogP contribution in [0.2, 0.25) is 5.02 Å². The van der Waals surface area contributed by atoms with Crippen molar-refractivity contribution in [3.63, 3.8) is 0 Å². The quantitative estimate of drug-likeness (QED) is 0.649. The maximum atomic E-state index is 6.16. The Morgan fingerprint density at radius 2 is 2.04 bits per heavy atom. The van der Waals surface area contributed by atoms with Gasteiger partial charge in [-0.3, -0.25) is 0 Å². The molecule has 0 fully saturated rings. The Hall–Kier alpha value is -2.30. The van der Waals surface area contributed by atoms with Crippen molar-refractivity contribution in [2.45, 2.75) is 13.0 Å². The number of ether oxygens (including phenoxy) is 1. The molecule has 5 heteroatoms. The van der Waals surface area contributed by atoms with E-state index in [4.69, 9.17) is 20.8 Å². The van der Waals surface area contributed by atoms with Gasteiger partial charge >= 0.3 is 0 Å². The lowest BCUT2D eigenvalue weighted by Gasteiger charge is -2.11. The van der Waals surface area contributed by atoms with Crippen LogP contribution in [0.4, 0.5) is 0 Å². The third-order valence-electron chi connectivity index (χ3n) is 3.81. The lowest BCUT2D eigenvalue weighted by Crippen LogP contribution is -2.17. The van der Waals surface area contributed by atoms with E-state index in [0.717, 1.165) is 47.0 Å². The lowest BCUT2D eigenvalue weighted by atomic mass is 10.1. The first-order valence-electron chi connectivity index (χ1n) is 7.79. The minimum atomic E-state index is 0.594. The third kappa shape index (κ3) is 3.96. The van der Waals surface area contributed by atoms with Gasteiger partial charge in [-0.25, -0.2) is 4.98 Å². The molecule has 3 aromatic rings. The van der Waals surface area contributed by atoms with Gasteiger partial charge in [0.25, 0.3) is 0 Å². The van der Waals surface area contributed by atoms with Crippen LogP contribution in [0.25, 0.3) is 11.5 Å². The van der Waals surface area contributed by atoms with Gasteiger partial charge in [-0.1, -0.05) is 35.9 Å². The van der Waals surface area contributed by atoms with Crippen LogP contribution in [-0.4, -0.2) is 18.6 Å². The molecule has 0 amide bonds. The minimum Gasteiger partial charge on any atom is -0.496 e. The van der Waals surface area contributed by atoms with Crippen LogP contribution >= 0.6 is 11.6 Å². The van der Waals surface area contributed by atoms with E-state index in [0.29, 0.717) is 5.89 Å². The van der Waals surface area contributed by atoms with Crippen molar-refractivity contribution < 1.29 is 9.15 Å². The second kappa shape index (κ2) is 7.99. The van der Waals surface area contributed by atoms with Gasteiger partial charge in [-0.05, 0) is 42.3 Å². The second-order valence-electron chi connectivity index (χ2n) is 5.38. The molecular formula is C19H19ClN2O2. The molecular weight excluding hydrogens is 324 g/mol. The van der Waals surface area contributed by atoms with Crippen molar-refractivity contribution in [2.24, 2.45) is 0 Å². The number of oxazole rings is 1. The molecule has 1 N–H and O–H groups in total. The molecule has 24 heavy (non-hydrogen) atoms. The zero-order valence-corrected chi connectivity index (χ0v) is 14.2. The number of rotatable bonds is 7. The molecule has 0 atom stereocenters. The molecule has 3 rings (SSSR count). The van der Waals surface area contributed by atoms with E-state index >= 15 is 0 Å². The summed E-state index contributed by atoms with van der Waals surface area (Å²) in [5.74, 6) is 1.43. The number of hydrogen-bond donors (Lipinski definition) is 1. The van der Waals surface area contributed by atoms with Crippen LogP contribution in [0.3, 0.4) is 0 Å². The van der Waals surface area contributed by atoms with Gasteiger partial charge in [0, 0.05) is 17.1 Å². The largest absolute Gasteiger partial charge is 0.496 e. The number of methoxy groups -OCH3 is 1. The van der Waals surface area contributed by atoms with Crippen molar-refractivity contribution in [1.29, 1.82) is 0 Å². The zero-order valence-electron chi connectivity index (χ0n) is 13.5. The summed E-state index contributed by atoms with van der Waals surface area (Å²) in [7, 11) is 1.68. The van der Waals surface area contributed by atoms with Gasteiger partial charge < -0.3 is 14.5 Å². The molecule has 2 aromatic carbocycles. The SMILES string of the molecule is COc1cc(-c2ncco2)ccc1CCNCc1ccccc1Cl. The summed E-state index contributed by atoms with van der Waals surface area (Å²) in [5.41, 5.74) is 3.15. The number of benzene rings is 2. The van der Waals surface area contributed by atoms with Gasteiger partial charge in [0.05, 0.1) is 13.3 Å². The predicted molar refractivity (Wildman–Crippen MR) is 95.4 cm³/mol. The van der Waals surface area contributed by atoms with Crippen molar-refractivity contribution in [2.75, 3.05) is 13.7 Å². The molecule has 1 heterocycles. The van der Waals surface area contributed by atoms with Gasteiger partial charge in [-0.2, -0.15) is 0 Å². The van der Waals surface area contributed by atoms with Crippen LogP contribution in [0.15, 0.2) is 59.3 Å². The van der Waals surface area contributed by atoms with Crippen molar-refractivity contribution in [3.05, 3.63) is 71.1 Å². The Kier molecular flexibility index (Phi) is 5.51. The fourth-order valence-electron chi connectivity index (χ4n) is 2.54. The highest BCUT2D eigenvalue weighted by Crippen LogP contribution is 2.26. The molecule has 0 aliphatic rings. The summed E-state index contributed by atoms with van der Waals surface area (Å²) in [6, 6.07) is 13.9. The molecule has 0 spiro atoms. The Morgan fingerprint density at radius 1 is 1.17 bits per heavy atom. The van der Waals surface area contributed by atoms with Gasteiger partial charge in [-0.15, -0.1) is 0 Å². The first kappa shape index (κ1) is 16.6. The molecule has 0 aliphatic heterocycles. The van der Waals surface area contributed by atoms with Crippen LogP contribution < -0.4 is 10.1 Å². The Labute approximate surface area is 146 Å². The summed E-state index contributed by atoms with van der Waals surface area (Å²) in [6.45, 7) is 1.58. The molecule has 1 aromatic heterocycles. The smallest absolute Gasteiger partial charge is 0.225 e. The van der Waals surface area contributed by atoms with Gasteiger partial charge in [0.15, 0.2) is 0 Å². The van der Waals surface area contributed by atoms with Crippen LogP contribution in [-0.2, 0) is 13.0 Å². The predicted octanol–water partition coefficient (Wildman–Crippen LogP) is 4.34. The molecule has 0 aliphatic carbocycles. The molecule has 4 nitrogen and oxygen atoms in total. The van der Waals surface area contributed by atoms with Crippen molar-refractivity contribution in [1.82, 2.24) is 10.3 Å². The number of nitrogens with one attached hydrogen (secondary N) is 1. The summed E-state index contributed by atoms with van der Waals surface area (Å²) in [6.07, 6.45) is 4.06. The highest BCUT2D eigenvalue weighted by Gasteiger charge is 2.08. The second-order valence-corrected chi connectivity index (χ2v) is 5.79. The molecule has 0 saturated heterocycles. The highest BCUT2D eigenvalue weighted by atomic mass is 35.5. The fourth-order valence-corrected chi connectivity index (χ4v) is 2.74. The zero-order chi connectivity index (χ0) is 16.8. The Bertz CT molecular complexity index is 788. The average Bonchev–Trinajstić information content (AvgIpc) is 3.15. The van der Waals surface area contributed by atoms with E-state index in [1.54, 1.807) is 19.6 Å². The Morgan fingerprint density at radius 3 is 2.79 bits per heavy atom. The average molecular weight is 343 g/mol.